The number of aromatic nitrogens is 2. The summed E-state index contributed by atoms with van der Waals surface area (Å²) >= 11 is 5.66. The molecule has 0 N–H and O–H groups in total. The SMILES string of the molecule is CCc1cccc(Oc2ncc(CCl)cn2)c1. The second kappa shape index (κ2) is 5.64. The number of hydrogen-bond acceptors (Lipinski definition) is 3. The van der Waals surface area contributed by atoms with Crippen LogP contribution >= 0.6 is 11.6 Å². The summed E-state index contributed by atoms with van der Waals surface area (Å²) in [5.74, 6) is 1.16. The van der Waals surface area contributed by atoms with Crippen LogP contribution in [0.1, 0.15) is 18.1 Å². The Balaban J connectivity index is 2.13. The summed E-state index contributed by atoms with van der Waals surface area (Å²) in [5.41, 5.74) is 2.10. The number of hydrogen-bond donors (Lipinski definition) is 0. The van der Waals surface area contributed by atoms with Gasteiger partial charge >= 0.3 is 6.01 Å². The number of rotatable bonds is 4. The number of halogens is 1. The third-order valence-electron chi connectivity index (χ3n) is 2.35. The van der Waals surface area contributed by atoms with Crippen molar-refractivity contribution >= 4 is 11.6 Å². The van der Waals surface area contributed by atoms with Crippen molar-refractivity contribution in [1.29, 1.82) is 0 Å². The van der Waals surface area contributed by atoms with Gasteiger partial charge in [-0.1, -0.05) is 19.1 Å². The molecule has 1 heterocycles. The first kappa shape index (κ1) is 11.9. The van der Waals surface area contributed by atoms with E-state index in [2.05, 4.69) is 23.0 Å². The van der Waals surface area contributed by atoms with E-state index in [1.165, 1.54) is 5.56 Å². The van der Waals surface area contributed by atoms with Gasteiger partial charge in [0.15, 0.2) is 0 Å². The lowest BCUT2D eigenvalue weighted by molar-refractivity contribution is 0.440. The van der Waals surface area contributed by atoms with Gasteiger partial charge in [0.1, 0.15) is 5.75 Å². The predicted molar refractivity (Wildman–Crippen MR) is 67.5 cm³/mol. The third-order valence-corrected chi connectivity index (χ3v) is 2.66. The van der Waals surface area contributed by atoms with E-state index in [1.54, 1.807) is 12.4 Å². The highest BCUT2D eigenvalue weighted by atomic mass is 35.5. The van der Waals surface area contributed by atoms with E-state index in [0.29, 0.717) is 11.9 Å². The first-order chi connectivity index (χ1) is 8.31. The molecule has 0 saturated heterocycles. The second-order valence-corrected chi connectivity index (χ2v) is 3.88. The summed E-state index contributed by atoms with van der Waals surface area (Å²) < 4.78 is 5.56. The molecule has 0 fully saturated rings. The van der Waals surface area contributed by atoms with Crippen molar-refractivity contribution in [2.75, 3.05) is 0 Å². The van der Waals surface area contributed by atoms with Crippen LogP contribution in [-0.2, 0) is 12.3 Å². The van der Waals surface area contributed by atoms with Gasteiger partial charge in [-0.2, -0.15) is 0 Å². The van der Waals surface area contributed by atoms with Gasteiger partial charge in [0.2, 0.25) is 0 Å². The molecule has 88 valence electrons. The maximum absolute atomic E-state index is 5.66. The van der Waals surface area contributed by atoms with Crippen molar-refractivity contribution in [2.24, 2.45) is 0 Å². The van der Waals surface area contributed by atoms with E-state index >= 15 is 0 Å². The number of ether oxygens (including phenoxy) is 1. The summed E-state index contributed by atoms with van der Waals surface area (Å²) in [6.07, 6.45) is 4.31. The maximum atomic E-state index is 5.66. The zero-order valence-corrected chi connectivity index (χ0v) is 10.3. The highest BCUT2D eigenvalue weighted by Gasteiger charge is 2.01. The zero-order chi connectivity index (χ0) is 12.1. The minimum atomic E-state index is 0.340. The maximum Gasteiger partial charge on any atom is 0.321 e. The molecule has 0 spiro atoms. The van der Waals surface area contributed by atoms with Crippen LogP contribution in [0.3, 0.4) is 0 Å². The first-order valence-corrected chi connectivity index (χ1v) is 5.99. The van der Waals surface area contributed by atoms with E-state index < -0.39 is 0 Å². The summed E-state index contributed by atoms with van der Waals surface area (Å²) in [5, 5.41) is 0. The van der Waals surface area contributed by atoms with Gasteiger partial charge in [-0.3, -0.25) is 0 Å². The van der Waals surface area contributed by atoms with E-state index in [0.717, 1.165) is 17.7 Å². The van der Waals surface area contributed by atoms with Crippen LogP contribution < -0.4 is 4.74 Å². The van der Waals surface area contributed by atoms with Gasteiger partial charge in [0, 0.05) is 18.0 Å². The molecule has 0 radical (unpaired) electrons. The fraction of sp³-hybridized carbons (Fsp3) is 0.231. The average Bonchev–Trinajstić information content (AvgIpc) is 2.40. The van der Waals surface area contributed by atoms with Gasteiger partial charge in [-0.25, -0.2) is 9.97 Å². The molecule has 1 aromatic carbocycles. The first-order valence-electron chi connectivity index (χ1n) is 5.45. The monoisotopic (exact) mass is 248 g/mol. The van der Waals surface area contributed by atoms with Crippen molar-refractivity contribution in [1.82, 2.24) is 9.97 Å². The van der Waals surface area contributed by atoms with Crippen molar-refractivity contribution in [3.8, 4) is 11.8 Å². The Kier molecular flexibility index (Phi) is 3.94. The van der Waals surface area contributed by atoms with E-state index in [9.17, 15) is 0 Å². The molecule has 0 atom stereocenters. The molecule has 3 nitrogen and oxygen atoms in total. The van der Waals surface area contributed by atoms with Crippen molar-refractivity contribution < 1.29 is 4.74 Å². The molecule has 0 aliphatic carbocycles. The van der Waals surface area contributed by atoms with Crippen molar-refractivity contribution in [2.45, 2.75) is 19.2 Å². The van der Waals surface area contributed by atoms with Gasteiger partial charge in [-0.15, -0.1) is 11.6 Å². The molecule has 0 unspecified atom stereocenters. The smallest absolute Gasteiger partial charge is 0.321 e. The molecule has 0 bridgehead atoms. The molecular formula is C13H13ClN2O. The fourth-order valence-corrected chi connectivity index (χ4v) is 1.54. The van der Waals surface area contributed by atoms with Crippen LogP contribution in [0, 0.1) is 0 Å². The van der Waals surface area contributed by atoms with Crippen molar-refractivity contribution in [3.63, 3.8) is 0 Å². The molecular weight excluding hydrogens is 236 g/mol. The topological polar surface area (TPSA) is 35.0 Å². The Morgan fingerprint density at radius 3 is 2.59 bits per heavy atom. The van der Waals surface area contributed by atoms with E-state index in [4.69, 9.17) is 16.3 Å². The quantitative estimate of drug-likeness (QED) is 0.776. The molecule has 2 aromatic rings. The number of benzene rings is 1. The summed E-state index contributed by atoms with van der Waals surface area (Å²) in [6, 6.07) is 8.23. The lowest BCUT2D eigenvalue weighted by Crippen LogP contribution is -1.93. The molecule has 0 aliphatic rings. The highest BCUT2D eigenvalue weighted by Crippen LogP contribution is 2.19. The summed E-state index contributed by atoms with van der Waals surface area (Å²) in [6.45, 7) is 2.10. The largest absolute Gasteiger partial charge is 0.424 e. The molecule has 1 aromatic heterocycles. The van der Waals surface area contributed by atoms with Crippen LogP contribution in [0.2, 0.25) is 0 Å². The van der Waals surface area contributed by atoms with E-state index in [-0.39, 0.29) is 0 Å². The van der Waals surface area contributed by atoms with Gasteiger partial charge in [0.05, 0.1) is 5.88 Å². The minimum absolute atomic E-state index is 0.340. The van der Waals surface area contributed by atoms with Crippen LogP contribution in [0.4, 0.5) is 0 Å². The Bertz CT molecular complexity index is 485. The zero-order valence-electron chi connectivity index (χ0n) is 9.56. The predicted octanol–water partition coefficient (Wildman–Crippen LogP) is 3.57. The van der Waals surface area contributed by atoms with E-state index in [1.807, 2.05) is 18.2 Å². The summed E-state index contributed by atoms with van der Waals surface area (Å²) in [4.78, 5) is 8.17. The Labute approximate surface area is 105 Å². The lowest BCUT2D eigenvalue weighted by atomic mass is 10.2. The highest BCUT2D eigenvalue weighted by molar-refractivity contribution is 6.17. The molecule has 2 rings (SSSR count). The van der Waals surface area contributed by atoms with Crippen LogP contribution in [0.5, 0.6) is 11.8 Å². The lowest BCUT2D eigenvalue weighted by Gasteiger charge is -2.05. The van der Waals surface area contributed by atoms with Gasteiger partial charge < -0.3 is 4.74 Å². The van der Waals surface area contributed by atoms with Gasteiger partial charge in [0.25, 0.3) is 0 Å². The third kappa shape index (κ3) is 3.17. The van der Waals surface area contributed by atoms with Gasteiger partial charge in [-0.05, 0) is 24.1 Å². The molecule has 0 saturated carbocycles. The van der Waals surface area contributed by atoms with Crippen LogP contribution in [-0.4, -0.2) is 9.97 Å². The molecule has 0 amide bonds. The average molecular weight is 249 g/mol. The molecule has 4 heteroatoms. The van der Waals surface area contributed by atoms with Crippen LogP contribution in [0.25, 0.3) is 0 Å². The Morgan fingerprint density at radius 2 is 1.94 bits per heavy atom. The Hall–Kier alpha value is -1.61. The number of alkyl halides is 1. The Morgan fingerprint density at radius 1 is 1.18 bits per heavy atom. The number of aryl methyl sites for hydroxylation is 1. The minimum Gasteiger partial charge on any atom is -0.424 e. The second-order valence-electron chi connectivity index (χ2n) is 3.61. The normalized spacial score (nSPS) is 10.2. The number of nitrogens with zero attached hydrogens (tertiary/aromatic N) is 2. The standard InChI is InChI=1S/C13H13ClN2O/c1-2-10-4-3-5-12(6-10)17-13-15-8-11(7-14)9-16-13/h3-6,8-9H,2,7H2,1H3. The fourth-order valence-electron chi connectivity index (χ4n) is 1.40. The molecule has 0 aliphatic heterocycles. The summed E-state index contributed by atoms with van der Waals surface area (Å²) in [7, 11) is 0. The van der Waals surface area contributed by atoms with Crippen LogP contribution in [0.15, 0.2) is 36.7 Å². The molecule has 17 heavy (non-hydrogen) atoms. The van der Waals surface area contributed by atoms with Crippen molar-refractivity contribution in [3.05, 3.63) is 47.8 Å².